The first-order valence-electron chi connectivity index (χ1n) is 8.52. The van der Waals surface area contributed by atoms with Crippen molar-refractivity contribution in [2.45, 2.75) is 38.8 Å². The molecule has 138 valence electrons. The van der Waals surface area contributed by atoms with E-state index in [9.17, 15) is 9.59 Å². The molecule has 1 saturated heterocycles. The van der Waals surface area contributed by atoms with E-state index in [-0.39, 0.29) is 30.0 Å². The van der Waals surface area contributed by atoms with Crippen LogP contribution in [0.2, 0.25) is 4.34 Å². The van der Waals surface area contributed by atoms with Crippen molar-refractivity contribution in [2.75, 3.05) is 13.2 Å². The van der Waals surface area contributed by atoms with E-state index in [0.29, 0.717) is 23.1 Å². The lowest BCUT2D eigenvalue weighted by Gasteiger charge is -2.14. The van der Waals surface area contributed by atoms with Gasteiger partial charge in [-0.05, 0) is 18.6 Å². The van der Waals surface area contributed by atoms with Crippen LogP contribution in [0.4, 0.5) is 0 Å². The van der Waals surface area contributed by atoms with Crippen molar-refractivity contribution in [1.82, 2.24) is 19.5 Å². The molecule has 1 aliphatic heterocycles. The smallest absolute Gasteiger partial charge is 0.291 e. The van der Waals surface area contributed by atoms with Crippen LogP contribution in [0.15, 0.2) is 16.9 Å². The summed E-state index contributed by atoms with van der Waals surface area (Å²) in [7, 11) is 0. The molecule has 9 heteroatoms. The summed E-state index contributed by atoms with van der Waals surface area (Å²) in [6, 6.07) is 3.67. The van der Waals surface area contributed by atoms with E-state index in [1.54, 1.807) is 0 Å². The third-order valence-corrected chi connectivity index (χ3v) is 5.67. The Morgan fingerprint density at radius 3 is 2.96 bits per heavy atom. The molecular weight excluding hydrogens is 376 g/mol. The summed E-state index contributed by atoms with van der Waals surface area (Å²) < 4.78 is 9.96. The number of hydrogen-bond acceptors (Lipinski definition) is 5. The van der Waals surface area contributed by atoms with Gasteiger partial charge in [0, 0.05) is 12.5 Å². The second-order valence-electron chi connectivity index (χ2n) is 6.77. The van der Waals surface area contributed by atoms with Crippen LogP contribution in [0.5, 0.6) is 0 Å². The maximum absolute atomic E-state index is 12.9. The lowest BCUT2D eigenvalue weighted by Crippen LogP contribution is -2.40. The minimum atomic E-state index is -0.285. The van der Waals surface area contributed by atoms with Gasteiger partial charge in [-0.3, -0.25) is 14.0 Å². The number of nitrogens with zero attached hydrogens (tertiary/aromatic N) is 3. The summed E-state index contributed by atoms with van der Waals surface area (Å²) in [6.45, 7) is 5.07. The highest BCUT2D eigenvalue weighted by molar-refractivity contribution is 7.22. The van der Waals surface area contributed by atoms with Crippen molar-refractivity contribution in [3.63, 3.8) is 0 Å². The molecule has 1 fully saturated rings. The summed E-state index contributed by atoms with van der Waals surface area (Å²) in [5.41, 5.74) is 1.10. The van der Waals surface area contributed by atoms with Gasteiger partial charge in [0.2, 0.25) is 5.91 Å². The van der Waals surface area contributed by atoms with Gasteiger partial charge in [-0.25, -0.2) is 4.68 Å². The molecule has 26 heavy (non-hydrogen) atoms. The minimum absolute atomic E-state index is 0.00674. The molecule has 0 aromatic carbocycles. The molecule has 1 amide bonds. The fourth-order valence-electron chi connectivity index (χ4n) is 3.25. The Bertz CT molecular complexity index is 1050. The van der Waals surface area contributed by atoms with Crippen LogP contribution >= 0.6 is 22.9 Å². The number of halogens is 1. The summed E-state index contributed by atoms with van der Waals surface area (Å²) >= 11 is 7.54. The topological polar surface area (TPSA) is 77.6 Å². The molecule has 1 atom stereocenters. The monoisotopic (exact) mass is 394 g/mol. The highest BCUT2D eigenvalue weighted by atomic mass is 35.5. The molecule has 3 aromatic rings. The van der Waals surface area contributed by atoms with Crippen LogP contribution in [-0.2, 0) is 16.1 Å². The summed E-state index contributed by atoms with van der Waals surface area (Å²) in [6.07, 6.45) is 0.792. The average Bonchev–Trinajstić information content (AvgIpc) is 3.26. The summed E-state index contributed by atoms with van der Waals surface area (Å²) in [4.78, 5) is 25.2. The molecule has 3 aromatic heterocycles. The van der Waals surface area contributed by atoms with Crippen molar-refractivity contribution in [3.8, 4) is 0 Å². The Balaban J connectivity index is 1.76. The van der Waals surface area contributed by atoms with Crippen LogP contribution < -0.4 is 10.9 Å². The molecule has 1 N–H and O–H groups in total. The van der Waals surface area contributed by atoms with Crippen molar-refractivity contribution in [1.29, 1.82) is 0 Å². The summed E-state index contributed by atoms with van der Waals surface area (Å²) in [5.74, 6) is 0.566. The number of ether oxygens (including phenoxy) is 1. The molecule has 4 rings (SSSR count). The molecule has 4 heterocycles. The van der Waals surface area contributed by atoms with E-state index in [1.807, 2.05) is 30.4 Å². The predicted molar refractivity (Wildman–Crippen MR) is 101 cm³/mol. The van der Waals surface area contributed by atoms with E-state index in [0.717, 1.165) is 22.5 Å². The Morgan fingerprint density at radius 2 is 2.27 bits per heavy atom. The maximum Gasteiger partial charge on any atom is 0.291 e. The van der Waals surface area contributed by atoms with Gasteiger partial charge in [-0.1, -0.05) is 25.4 Å². The summed E-state index contributed by atoms with van der Waals surface area (Å²) in [5, 5.41) is 7.38. The lowest BCUT2D eigenvalue weighted by atomic mass is 10.2. The highest BCUT2D eigenvalue weighted by Gasteiger charge is 2.21. The number of nitrogens with one attached hydrogen (secondary N) is 1. The number of aromatic nitrogens is 3. The molecule has 1 aliphatic rings. The van der Waals surface area contributed by atoms with Gasteiger partial charge in [0.05, 0.1) is 27.2 Å². The Hall–Kier alpha value is -1.90. The molecule has 0 saturated carbocycles. The van der Waals surface area contributed by atoms with Gasteiger partial charge in [-0.15, -0.1) is 11.3 Å². The fraction of sp³-hybridized carbons (Fsp3) is 0.471. The van der Waals surface area contributed by atoms with E-state index in [4.69, 9.17) is 16.3 Å². The Morgan fingerprint density at radius 1 is 1.46 bits per heavy atom. The average molecular weight is 395 g/mol. The third-order valence-electron chi connectivity index (χ3n) is 4.47. The van der Waals surface area contributed by atoms with Gasteiger partial charge < -0.3 is 10.1 Å². The van der Waals surface area contributed by atoms with Crippen LogP contribution in [0.25, 0.3) is 15.7 Å². The van der Waals surface area contributed by atoms with Gasteiger partial charge in [0.25, 0.3) is 5.56 Å². The van der Waals surface area contributed by atoms with Crippen LogP contribution in [-0.4, -0.2) is 39.3 Å². The molecule has 0 bridgehead atoms. The van der Waals surface area contributed by atoms with Gasteiger partial charge >= 0.3 is 0 Å². The Kier molecular flexibility index (Phi) is 4.50. The lowest BCUT2D eigenvalue weighted by molar-refractivity contribution is -0.122. The first-order valence-corrected chi connectivity index (χ1v) is 9.72. The van der Waals surface area contributed by atoms with Gasteiger partial charge in [0.15, 0.2) is 0 Å². The number of carbonyl (C=O) groups excluding carboxylic acids is 1. The number of fused-ring (bicyclic) bond motifs is 3. The fourth-order valence-corrected chi connectivity index (χ4v) is 4.41. The largest absolute Gasteiger partial charge is 0.379 e. The number of amides is 1. The van der Waals surface area contributed by atoms with Crippen LogP contribution in [0.1, 0.15) is 32.0 Å². The molecule has 0 spiro atoms. The number of rotatable bonds is 4. The van der Waals surface area contributed by atoms with Crippen LogP contribution in [0.3, 0.4) is 0 Å². The Labute approximate surface area is 158 Å². The quantitative estimate of drug-likeness (QED) is 0.737. The van der Waals surface area contributed by atoms with Crippen molar-refractivity contribution >= 4 is 44.6 Å². The van der Waals surface area contributed by atoms with E-state index >= 15 is 0 Å². The zero-order chi connectivity index (χ0) is 18.4. The molecule has 0 radical (unpaired) electrons. The predicted octanol–water partition coefficient (Wildman–Crippen LogP) is 2.39. The standard InChI is InChI=1S/C17H19ClN4O3S/c1-9(2)16-20-21(7-15(23)19-10-3-4-25-8-10)17(24)12-5-13-11(22(12)16)6-14(18)26-13/h5-6,9-10H,3-4,7-8H2,1-2H3,(H,19,23)/t10-/m0/s1. The minimum Gasteiger partial charge on any atom is -0.379 e. The van der Waals surface area contributed by atoms with Gasteiger partial charge in [0.1, 0.15) is 17.9 Å². The second kappa shape index (κ2) is 6.68. The zero-order valence-electron chi connectivity index (χ0n) is 14.5. The number of carbonyl (C=O) groups is 1. The van der Waals surface area contributed by atoms with Gasteiger partial charge in [-0.2, -0.15) is 5.10 Å². The number of hydrogen-bond donors (Lipinski definition) is 1. The zero-order valence-corrected chi connectivity index (χ0v) is 16.1. The number of thiophene rings is 1. The molecular formula is C17H19ClN4O3S. The second-order valence-corrected chi connectivity index (χ2v) is 8.48. The van der Waals surface area contributed by atoms with Crippen molar-refractivity contribution in [2.24, 2.45) is 0 Å². The maximum atomic E-state index is 12.9. The normalized spacial score (nSPS) is 17.6. The van der Waals surface area contributed by atoms with Crippen molar-refractivity contribution in [3.05, 3.63) is 32.6 Å². The molecule has 0 unspecified atom stereocenters. The first-order chi connectivity index (χ1) is 12.4. The highest BCUT2D eigenvalue weighted by Crippen LogP contribution is 2.32. The van der Waals surface area contributed by atoms with E-state index in [1.165, 1.54) is 16.0 Å². The van der Waals surface area contributed by atoms with E-state index in [2.05, 4.69) is 10.4 Å². The SMILES string of the molecule is CC(C)c1nn(CC(=O)N[C@H]2CCOC2)c(=O)c2cc3sc(Cl)cc3n12. The first kappa shape index (κ1) is 17.5. The molecule has 7 nitrogen and oxygen atoms in total. The van der Waals surface area contributed by atoms with Crippen molar-refractivity contribution < 1.29 is 9.53 Å². The molecule has 0 aliphatic carbocycles. The van der Waals surface area contributed by atoms with Crippen LogP contribution in [0, 0.1) is 0 Å². The third kappa shape index (κ3) is 3.02. The van der Waals surface area contributed by atoms with E-state index < -0.39 is 0 Å².